The molecule has 0 aromatic heterocycles. The summed E-state index contributed by atoms with van der Waals surface area (Å²) in [5.41, 5.74) is 2.87. The SMILES string of the molecule is Cc1ccccc1CN(C)CC1(CO)CCCC(C)C1. The summed E-state index contributed by atoms with van der Waals surface area (Å²) < 4.78 is 0. The molecule has 0 aliphatic heterocycles. The van der Waals surface area contributed by atoms with Gasteiger partial charge in [0.1, 0.15) is 0 Å². The number of benzene rings is 1. The summed E-state index contributed by atoms with van der Waals surface area (Å²) in [6, 6.07) is 8.59. The van der Waals surface area contributed by atoms with Gasteiger partial charge in [0.2, 0.25) is 0 Å². The van der Waals surface area contributed by atoms with Gasteiger partial charge in [0, 0.05) is 25.1 Å². The van der Waals surface area contributed by atoms with Crippen LogP contribution in [0.3, 0.4) is 0 Å². The Bertz CT molecular complexity index is 431. The molecule has 2 unspecified atom stereocenters. The summed E-state index contributed by atoms with van der Waals surface area (Å²) in [6.45, 7) is 6.80. The first-order valence-electron chi connectivity index (χ1n) is 7.88. The smallest absolute Gasteiger partial charge is 0.0499 e. The third kappa shape index (κ3) is 3.83. The molecule has 2 nitrogen and oxygen atoms in total. The fourth-order valence-corrected chi connectivity index (χ4v) is 3.81. The first-order chi connectivity index (χ1) is 9.54. The van der Waals surface area contributed by atoms with Crippen molar-refractivity contribution in [1.29, 1.82) is 0 Å². The van der Waals surface area contributed by atoms with E-state index < -0.39 is 0 Å². The van der Waals surface area contributed by atoms with Crippen LogP contribution in [0.4, 0.5) is 0 Å². The minimum atomic E-state index is 0.120. The third-order valence-electron chi connectivity index (χ3n) is 4.83. The highest BCUT2D eigenvalue weighted by Gasteiger charge is 2.35. The van der Waals surface area contributed by atoms with Gasteiger partial charge in [-0.2, -0.15) is 0 Å². The lowest BCUT2D eigenvalue weighted by Crippen LogP contribution is -2.41. The molecule has 0 bridgehead atoms. The maximum absolute atomic E-state index is 9.90. The van der Waals surface area contributed by atoms with E-state index in [2.05, 4.69) is 50.1 Å². The molecule has 0 amide bonds. The highest BCUT2D eigenvalue weighted by atomic mass is 16.3. The van der Waals surface area contributed by atoms with Crippen LogP contribution in [-0.2, 0) is 6.54 Å². The molecule has 20 heavy (non-hydrogen) atoms. The highest BCUT2D eigenvalue weighted by molar-refractivity contribution is 5.25. The Hall–Kier alpha value is -0.860. The Kier molecular flexibility index (Phi) is 5.22. The Morgan fingerprint density at radius 3 is 2.75 bits per heavy atom. The molecule has 1 N–H and O–H groups in total. The molecule has 0 saturated heterocycles. The molecule has 1 aliphatic carbocycles. The number of aliphatic hydroxyl groups is 1. The highest BCUT2D eigenvalue weighted by Crippen LogP contribution is 2.39. The molecule has 2 heteroatoms. The molecule has 1 aromatic rings. The van der Waals surface area contributed by atoms with E-state index in [4.69, 9.17) is 0 Å². The van der Waals surface area contributed by atoms with E-state index >= 15 is 0 Å². The maximum atomic E-state index is 9.90. The van der Waals surface area contributed by atoms with Gasteiger partial charge in [0.15, 0.2) is 0 Å². The number of rotatable bonds is 5. The van der Waals surface area contributed by atoms with Gasteiger partial charge >= 0.3 is 0 Å². The van der Waals surface area contributed by atoms with Crippen molar-refractivity contribution < 1.29 is 5.11 Å². The first-order valence-corrected chi connectivity index (χ1v) is 7.88. The zero-order valence-electron chi connectivity index (χ0n) is 13.2. The van der Waals surface area contributed by atoms with Crippen LogP contribution < -0.4 is 0 Å². The minimum Gasteiger partial charge on any atom is -0.396 e. The van der Waals surface area contributed by atoms with Crippen LogP contribution in [0.2, 0.25) is 0 Å². The fraction of sp³-hybridized carbons (Fsp3) is 0.667. The van der Waals surface area contributed by atoms with E-state index in [0.29, 0.717) is 6.61 Å². The van der Waals surface area contributed by atoms with Crippen molar-refractivity contribution in [2.24, 2.45) is 11.3 Å². The summed E-state index contributed by atoms with van der Waals surface area (Å²) >= 11 is 0. The van der Waals surface area contributed by atoms with Gasteiger partial charge < -0.3 is 10.0 Å². The second-order valence-electron chi connectivity index (χ2n) is 6.96. The van der Waals surface area contributed by atoms with Gasteiger partial charge in [0.05, 0.1) is 0 Å². The fourth-order valence-electron chi connectivity index (χ4n) is 3.81. The third-order valence-corrected chi connectivity index (χ3v) is 4.83. The maximum Gasteiger partial charge on any atom is 0.0499 e. The Morgan fingerprint density at radius 2 is 2.10 bits per heavy atom. The Morgan fingerprint density at radius 1 is 1.35 bits per heavy atom. The van der Waals surface area contributed by atoms with Crippen molar-refractivity contribution in [1.82, 2.24) is 4.90 Å². The van der Waals surface area contributed by atoms with Crippen LogP contribution in [0.5, 0.6) is 0 Å². The topological polar surface area (TPSA) is 23.5 Å². The Labute approximate surface area is 123 Å². The van der Waals surface area contributed by atoms with Crippen LogP contribution in [0.1, 0.15) is 43.7 Å². The van der Waals surface area contributed by atoms with E-state index in [9.17, 15) is 5.11 Å². The van der Waals surface area contributed by atoms with E-state index in [1.807, 2.05) is 0 Å². The molecule has 2 rings (SSSR count). The molecule has 1 saturated carbocycles. The van der Waals surface area contributed by atoms with Crippen molar-refractivity contribution in [3.05, 3.63) is 35.4 Å². The van der Waals surface area contributed by atoms with Gasteiger partial charge in [-0.05, 0) is 43.9 Å². The van der Waals surface area contributed by atoms with Crippen molar-refractivity contribution in [2.75, 3.05) is 20.2 Å². The molecule has 1 aliphatic rings. The van der Waals surface area contributed by atoms with Crippen LogP contribution in [0.15, 0.2) is 24.3 Å². The van der Waals surface area contributed by atoms with Gasteiger partial charge in [-0.15, -0.1) is 0 Å². The standard InChI is InChI=1S/C18H29NO/c1-15-7-6-10-18(11-15,14-20)13-19(3)12-17-9-5-4-8-16(17)2/h4-5,8-9,15,20H,6-7,10-14H2,1-3H3. The van der Waals surface area contributed by atoms with Crippen molar-refractivity contribution in [2.45, 2.75) is 46.1 Å². The molecular formula is C18H29NO. The van der Waals surface area contributed by atoms with Crippen LogP contribution in [0, 0.1) is 18.3 Å². The van der Waals surface area contributed by atoms with E-state index in [1.165, 1.54) is 36.8 Å². The molecule has 0 radical (unpaired) electrons. The van der Waals surface area contributed by atoms with Crippen molar-refractivity contribution >= 4 is 0 Å². The average molecular weight is 275 g/mol. The second-order valence-corrected chi connectivity index (χ2v) is 6.96. The molecular weight excluding hydrogens is 246 g/mol. The number of aryl methyl sites for hydroxylation is 1. The number of hydrogen-bond acceptors (Lipinski definition) is 2. The largest absolute Gasteiger partial charge is 0.396 e. The molecule has 112 valence electrons. The molecule has 2 atom stereocenters. The summed E-state index contributed by atoms with van der Waals surface area (Å²) in [7, 11) is 2.18. The van der Waals surface area contributed by atoms with Gasteiger partial charge in [0.25, 0.3) is 0 Å². The molecule has 0 heterocycles. The lowest BCUT2D eigenvalue weighted by molar-refractivity contribution is 0.0290. The summed E-state index contributed by atoms with van der Waals surface area (Å²) in [5, 5.41) is 9.90. The van der Waals surface area contributed by atoms with Crippen molar-refractivity contribution in [3.63, 3.8) is 0 Å². The zero-order chi connectivity index (χ0) is 14.6. The Balaban J connectivity index is 1.99. The summed E-state index contributed by atoms with van der Waals surface area (Å²) in [4.78, 5) is 2.39. The molecule has 1 aromatic carbocycles. The predicted octanol–water partition coefficient (Wildman–Crippen LogP) is 3.62. The van der Waals surface area contributed by atoms with Gasteiger partial charge in [-0.3, -0.25) is 0 Å². The number of nitrogens with zero attached hydrogens (tertiary/aromatic N) is 1. The average Bonchev–Trinajstić information content (AvgIpc) is 2.41. The second kappa shape index (κ2) is 6.73. The first kappa shape index (κ1) is 15.5. The van der Waals surface area contributed by atoms with Gasteiger partial charge in [-0.25, -0.2) is 0 Å². The quantitative estimate of drug-likeness (QED) is 0.887. The summed E-state index contributed by atoms with van der Waals surface area (Å²) in [5.74, 6) is 0.753. The van der Waals surface area contributed by atoms with Crippen LogP contribution in [-0.4, -0.2) is 30.2 Å². The van der Waals surface area contributed by atoms with E-state index in [-0.39, 0.29) is 5.41 Å². The number of aliphatic hydroxyl groups excluding tert-OH is 1. The summed E-state index contributed by atoms with van der Waals surface area (Å²) in [6.07, 6.45) is 4.93. The predicted molar refractivity (Wildman–Crippen MR) is 84.7 cm³/mol. The van der Waals surface area contributed by atoms with Gasteiger partial charge in [-0.1, -0.05) is 44.0 Å². The van der Waals surface area contributed by atoms with Crippen LogP contribution >= 0.6 is 0 Å². The molecule has 0 spiro atoms. The van der Waals surface area contributed by atoms with E-state index in [0.717, 1.165) is 19.0 Å². The minimum absolute atomic E-state index is 0.120. The van der Waals surface area contributed by atoms with Crippen molar-refractivity contribution in [3.8, 4) is 0 Å². The lowest BCUT2D eigenvalue weighted by Gasteiger charge is -2.41. The monoisotopic (exact) mass is 275 g/mol. The normalized spacial score (nSPS) is 26.9. The van der Waals surface area contributed by atoms with Crippen LogP contribution in [0.25, 0.3) is 0 Å². The van der Waals surface area contributed by atoms with E-state index in [1.54, 1.807) is 0 Å². The molecule has 1 fully saturated rings. The number of hydrogen-bond donors (Lipinski definition) is 1. The zero-order valence-corrected chi connectivity index (χ0v) is 13.2. The lowest BCUT2D eigenvalue weighted by atomic mass is 9.70.